The molecule has 1 atom stereocenters. The second-order valence-electron chi connectivity index (χ2n) is 11.7. The number of rotatable bonds is 4. The molecule has 0 saturated carbocycles. The molecule has 5 aromatic rings. The molecule has 2 nitrogen and oxygen atoms in total. The van der Waals surface area contributed by atoms with Crippen molar-refractivity contribution < 1.29 is 0 Å². The van der Waals surface area contributed by atoms with Crippen LogP contribution in [0.15, 0.2) is 66.7 Å². The number of aromatic nitrogens is 2. The van der Waals surface area contributed by atoms with Crippen molar-refractivity contribution in [3.63, 3.8) is 0 Å². The molecule has 0 saturated heterocycles. The molecule has 1 unspecified atom stereocenters. The van der Waals surface area contributed by atoms with Gasteiger partial charge in [-0.15, -0.1) is 11.6 Å². The number of halogens is 1. The van der Waals surface area contributed by atoms with Crippen molar-refractivity contribution in [2.75, 3.05) is 0 Å². The van der Waals surface area contributed by atoms with Crippen molar-refractivity contribution in [1.29, 1.82) is 0 Å². The number of nitrogens with zero attached hydrogens (tertiary/aromatic N) is 2. The fraction of sp³-hybridized carbons (Fsp3) is 0.344. The summed E-state index contributed by atoms with van der Waals surface area (Å²) >= 11 is 6.80. The quantitative estimate of drug-likeness (QED) is 0.185. The lowest BCUT2D eigenvalue weighted by atomic mass is 9.57. The van der Waals surface area contributed by atoms with E-state index in [1.165, 1.54) is 44.1 Å². The molecule has 0 amide bonds. The summed E-state index contributed by atoms with van der Waals surface area (Å²) in [5.74, 6) is 0. The van der Waals surface area contributed by atoms with Crippen LogP contribution >= 0.6 is 11.6 Å². The first-order valence-electron chi connectivity index (χ1n) is 12.7. The molecule has 0 fully saturated rings. The third-order valence-electron chi connectivity index (χ3n) is 8.77. The van der Waals surface area contributed by atoms with Crippen LogP contribution in [0.4, 0.5) is 0 Å². The topological polar surface area (TPSA) is 17.3 Å². The zero-order valence-electron chi connectivity index (χ0n) is 21.5. The molecule has 0 spiro atoms. The van der Waals surface area contributed by atoms with Gasteiger partial charge in [-0.05, 0) is 50.1 Å². The van der Waals surface area contributed by atoms with E-state index in [4.69, 9.17) is 16.6 Å². The summed E-state index contributed by atoms with van der Waals surface area (Å²) in [4.78, 5) is 5.17. The predicted octanol–water partition coefficient (Wildman–Crippen LogP) is 8.96. The van der Waals surface area contributed by atoms with Crippen LogP contribution in [0.1, 0.15) is 64.3 Å². The van der Waals surface area contributed by atoms with Crippen LogP contribution in [-0.4, -0.2) is 14.3 Å². The minimum atomic E-state index is -0.262. The third kappa shape index (κ3) is 3.05. The SMILES string of the molecule is Cc1ccc2c3c1c1ccccc1c1nc(-c4ccccc4)c(n13)C(C)(CCC(C)(C)Cl)C2(C)C. The number of benzene rings is 3. The summed E-state index contributed by atoms with van der Waals surface area (Å²) in [7, 11) is 0. The van der Waals surface area contributed by atoms with Gasteiger partial charge in [0.15, 0.2) is 0 Å². The molecule has 6 rings (SSSR count). The van der Waals surface area contributed by atoms with Crippen LogP contribution in [0.3, 0.4) is 0 Å². The highest BCUT2D eigenvalue weighted by atomic mass is 35.5. The first kappa shape index (κ1) is 22.6. The molecule has 35 heavy (non-hydrogen) atoms. The van der Waals surface area contributed by atoms with Crippen LogP contribution in [0.25, 0.3) is 38.6 Å². The monoisotopic (exact) mass is 480 g/mol. The molecule has 0 aliphatic carbocycles. The number of imidazole rings is 1. The van der Waals surface area contributed by atoms with Crippen LogP contribution in [-0.2, 0) is 10.8 Å². The van der Waals surface area contributed by atoms with Gasteiger partial charge in [-0.25, -0.2) is 4.98 Å². The van der Waals surface area contributed by atoms with Crippen LogP contribution in [0.5, 0.6) is 0 Å². The normalized spacial score (nSPS) is 19.3. The highest BCUT2D eigenvalue weighted by Crippen LogP contribution is 2.56. The maximum Gasteiger partial charge on any atom is 0.146 e. The highest BCUT2D eigenvalue weighted by molar-refractivity contribution is 6.23. The van der Waals surface area contributed by atoms with Crippen molar-refractivity contribution in [2.24, 2.45) is 0 Å². The van der Waals surface area contributed by atoms with Crippen LogP contribution in [0, 0.1) is 6.92 Å². The average molecular weight is 481 g/mol. The Morgan fingerprint density at radius 3 is 2.23 bits per heavy atom. The van der Waals surface area contributed by atoms with Gasteiger partial charge < -0.3 is 0 Å². The molecule has 0 radical (unpaired) electrons. The molecule has 2 aromatic heterocycles. The van der Waals surface area contributed by atoms with Gasteiger partial charge in [0.2, 0.25) is 0 Å². The molecular formula is C32H33ClN2. The zero-order chi connectivity index (χ0) is 24.8. The van der Waals surface area contributed by atoms with Gasteiger partial charge in [-0.1, -0.05) is 87.5 Å². The van der Waals surface area contributed by atoms with Gasteiger partial charge >= 0.3 is 0 Å². The second-order valence-corrected chi connectivity index (χ2v) is 12.7. The van der Waals surface area contributed by atoms with E-state index in [1.54, 1.807) is 0 Å². The van der Waals surface area contributed by atoms with Crippen molar-refractivity contribution in [3.05, 3.63) is 83.6 Å². The van der Waals surface area contributed by atoms with Crippen LogP contribution < -0.4 is 0 Å². The van der Waals surface area contributed by atoms with Gasteiger partial charge in [-0.2, -0.15) is 0 Å². The lowest BCUT2D eigenvalue weighted by Gasteiger charge is -2.49. The average Bonchev–Trinajstić information content (AvgIpc) is 3.24. The molecular weight excluding hydrogens is 448 g/mol. The fourth-order valence-corrected chi connectivity index (χ4v) is 6.45. The maximum absolute atomic E-state index is 6.80. The predicted molar refractivity (Wildman–Crippen MR) is 150 cm³/mol. The second kappa shape index (κ2) is 7.34. The summed E-state index contributed by atoms with van der Waals surface area (Å²) in [6.07, 6.45) is 1.90. The smallest absolute Gasteiger partial charge is 0.146 e. The number of alkyl halides is 1. The van der Waals surface area contributed by atoms with E-state index < -0.39 is 0 Å². The summed E-state index contributed by atoms with van der Waals surface area (Å²) < 4.78 is 2.51. The maximum atomic E-state index is 6.80. The number of hydrogen-bond donors (Lipinski definition) is 0. The van der Waals surface area contributed by atoms with Gasteiger partial charge in [-0.3, -0.25) is 4.40 Å². The molecule has 3 heterocycles. The fourth-order valence-electron chi connectivity index (χ4n) is 6.36. The lowest BCUT2D eigenvalue weighted by molar-refractivity contribution is 0.233. The molecule has 1 aliphatic rings. The Hall–Kier alpha value is -2.84. The Morgan fingerprint density at radius 1 is 0.886 bits per heavy atom. The summed E-state index contributed by atoms with van der Waals surface area (Å²) in [5.41, 5.74) is 8.38. The minimum absolute atomic E-state index is 0.115. The Balaban J connectivity index is 1.87. The van der Waals surface area contributed by atoms with Crippen molar-refractivity contribution in [3.8, 4) is 11.3 Å². The number of aryl methyl sites for hydroxylation is 1. The van der Waals surface area contributed by atoms with E-state index in [-0.39, 0.29) is 15.7 Å². The number of pyridine rings is 1. The first-order valence-corrected chi connectivity index (χ1v) is 13.0. The van der Waals surface area contributed by atoms with Crippen molar-refractivity contribution >= 4 is 38.9 Å². The number of hydrogen-bond acceptors (Lipinski definition) is 1. The van der Waals surface area contributed by atoms with Crippen molar-refractivity contribution in [2.45, 2.75) is 70.1 Å². The Bertz CT molecular complexity index is 1620. The largest absolute Gasteiger partial charge is 0.295 e. The van der Waals surface area contributed by atoms with Gasteiger partial charge in [0, 0.05) is 32.0 Å². The van der Waals surface area contributed by atoms with Gasteiger partial charge in [0.1, 0.15) is 5.65 Å². The van der Waals surface area contributed by atoms with E-state index in [0.717, 1.165) is 24.2 Å². The Morgan fingerprint density at radius 2 is 1.54 bits per heavy atom. The summed E-state index contributed by atoms with van der Waals surface area (Å²) in [6.45, 7) is 13.8. The van der Waals surface area contributed by atoms with E-state index >= 15 is 0 Å². The first-order chi connectivity index (χ1) is 16.5. The molecule has 1 aliphatic heterocycles. The highest BCUT2D eigenvalue weighted by Gasteiger charge is 2.51. The van der Waals surface area contributed by atoms with E-state index in [9.17, 15) is 0 Å². The molecule has 0 N–H and O–H groups in total. The Kier molecular flexibility index (Phi) is 4.74. The molecule has 178 valence electrons. The lowest BCUT2D eigenvalue weighted by Crippen LogP contribution is -2.47. The van der Waals surface area contributed by atoms with Crippen molar-refractivity contribution in [1.82, 2.24) is 9.38 Å². The van der Waals surface area contributed by atoms with Gasteiger partial charge in [0.25, 0.3) is 0 Å². The third-order valence-corrected chi connectivity index (χ3v) is 8.96. The number of fused-ring (bicyclic) bond motifs is 3. The minimum Gasteiger partial charge on any atom is -0.295 e. The summed E-state index contributed by atoms with van der Waals surface area (Å²) in [6, 6.07) is 24.1. The molecule has 3 heteroatoms. The van der Waals surface area contributed by atoms with Crippen LogP contribution in [0.2, 0.25) is 0 Å². The van der Waals surface area contributed by atoms with E-state index in [1.807, 2.05) is 0 Å². The van der Waals surface area contributed by atoms with Gasteiger partial charge in [0.05, 0.1) is 16.9 Å². The summed E-state index contributed by atoms with van der Waals surface area (Å²) in [5, 5.41) is 3.84. The Labute approximate surface area is 213 Å². The zero-order valence-corrected chi connectivity index (χ0v) is 22.3. The molecule has 3 aromatic carbocycles. The van der Waals surface area contributed by atoms with E-state index in [2.05, 4.69) is 113 Å². The standard InChI is InChI=1S/C32H33ClN2/c1-20-16-17-24-27-25(20)22-14-10-11-15-23(22)29-34-26(21-12-8-7-9-13-21)28(35(27)29)32(6,31(24,4)5)19-18-30(2,3)33/h7-17H,18-19H2,1-6H3. The molecule has 0 bridgehead atoms. The van der Waals surface area contributed by atoms with E-state index in [0.29, 0.717) is 0 Å².